The lowest BCUT2D eigenvalue weighted by molar-refractivity contribution is -0.139. The van der Waals surface area contributed by atoms with Gasteiger partial charge < -0.3 is 5.73 Å². The SMILES string of the molecule is NC(=O)C(CC(=O)Cn1nc(-c2ccc(Cl)cc2)n(Cc2ccccc2F)c1=O)c1ccccc1C(F)(F)F. The van der Waals surface area contributed by atoms with E-state index in [1.165, 1.54) is 28.8 Å². The molecule has 0 radical (unpaired) electrons. The molecular weight excluding hydrogens is 540 g/mol. The van der Waals surface area contributed by atoms with Crippen LogP contribution in [-0.4, -0.2) is 26.0 Å². The maximum atomic E-state index is 14.4. The van der Waals surface area contributed by atoms with Crippen molar-refractivity contribution >= 4 is 23.3 Å². The summed E-state index contributed by atoms with van der Waals surface area (Å²) in [6.45, 7) is -0.859. The third-order valence-electron chi connectivity index (χ3n) is 6.05. The summed E-state index contributed by atoms with van der Waals surface area (Å²) < 4.78 is 56.9. The van der Waals surface area contributed by atoms with Crippen LogP contribution in [0.25, 0.3) is 11.4 Å². The van der Waals surface area contributed by atoms with Crippen LogP contribution in [0.2, 0.25) is 5.02 Å². The molecule has 1 aromatic heterocycles. The number of primary amides is 1. The number of carbonyl (C=O) groups is 2. The van der Waals surface area contributed by atoms with E-state index < -0.39 is 59.4 Å². The molecule has 3 aromatic carbocycles. The number of Topliss-reactive ketones (excluding diaryl/α,β-unsaturated/α-hetero) is 1. The van der Waals surface area contributed by atoms with Crippen LogP contribution in [0.15, 0.2) is 77.6 Å². The standard InChI is InChI=1S/C27H21ClF4N4O3/c28-18-11-9-16(10-12-18)25-34-36(26(39)35(25)14-17-5-1-4-8-23(17)29)15-19(37)13-21(24(33)38)20-6-2-3-7-22(20)27(30,31)32/h1-12,21H,13-15H2,(H2,33,38). The van der Waals surface area contributed by atoms with Gasteiger partial charge in [0.2, 0.25) is 5.91 Å². The van der Waals surface area contributed by atoms with Gasteiger partial charge in [-0.05, 0) is 42.0 Å². The van der Waals surface area contributed by atoms with E-state index in [-0.39, 0.29) is 17.9 Å². The van der Waals surface area contributed by atoms with Crippen molar-refractivity contribution in [2.45, 2.75) is 31.6 Å². The second kappa shape index (κ2) is 11.2. The first-order valence-electron chi connectivity index (χ1n) is 11.6. The summed E-state index contributed by atoms with van der Waals surface area (Å²) in [7, 11) is 0. The molecule has 0 saturated carbocycles. The van der Waals surface area contributed by atoms with Gasteiger partial charge in [0.05, 0.1) is 18.0 Å². The van der Waals surface area contributed by atoms with Gasteiger partial charge in [0.15, 0.2) is 11.6 Å². The number of nitrogens with zero attached hydrogens (tertiary/aromatic N) is 3. The summed E-state index contributed by atoms with van der Waals surface area (Å²) >= 11 is 5.96. The van der Waals surface area contributed by atoms with Crippen LogP contribution in [0.3, 0.4) is 0 Å². The summed E-state index contributed by atoms with van der Waals surface area (Å²) in [6, 6.07) is 16.5. The average molecular weight is 561 g/mol. The highest BCUT2D eigenvalue weighted by Gasteiger charge is 2.37. The van der Waals surface area contributed by atoms with Gasteiger partial charge in [0.1, 0.15) is 12.4 Å². The molecule has 4 rings (SSSR count). The maximum absolute atomic E-state index is 14.4. The quantitative estimate of drug-likeness (QED) is 0.297. The van der Waals surface area contributed by atoms with E-state index in [9.17, 15) is 31.9 Å². The summed E-state index contributed by atoms with van der Waals surface area (Å²) in [5, 5.41) is 4.67. The fourth-order valence-corrected chi connectivity index (χ4v) is 4.30. The first-order valence-corrected chi connectivity index (χ1v) is 12.0. The molecule has 1 unspecified atom stereocenters. The fourth-order valence-electron chi connectivity index (χ4n) is 4.18. The molecule has 0 bridgehead atoms. The number of hydrogen-bond donors (Lipinski definition) is 1. The Kier molecular flexibility index (Phi) is 8.01. The topological polar surface area (TPSA) is 100.0 Å². The second-order valence-electron chi connectivity index (χ2n) is 8.73. The Morgan fingerprint density at radius 1 is 0.974 bits per heavy atom. The number of alkyl halides is 3. The minimum atomic E-state index is -4.77. The Hall–Kier alpha value is -4.25. The van der Waals surface area contributed by atoms with E-state index in [2.05, 4.69) is 5.10 Å². The molecule has 1 atom stereocenters. The number of carbonyl (C=O) groups excluding carboxylic acids is 2. The Bertz CT molecular complexity index is 1580. The van der Waals surface area contributed by atoms with Crippen molar-refractivity contribution in [1.82, 2.24) is 14.3 Å². The molecule has 0 aliphatic rings. The number of halogens is 5. The van der Waals surface area contributed by atoms with Gasteiger partial charge in [-0.15, -0.1) is 5.10 Å². The van der Waals surface area contributed by atoms with Crippen molar-refractivity contribution in [3.63, 3.8) is 0 Å². The molecule has 1 amide bonds. The third-order valence-corrected chi connectivity index (χ3v) is 6.31. The van der Waals surface area contributed by atoms with Gasteiger partial charge in [0.25, 0.3) is 0 Å². The Labute approximate surface area is 224 Å². The van der Waals surface area contributed by atoms with E-state index in [1.807, 2.05) is 0 Å². The van der Waals surface area contributed by atoms with Crippen LogP contribution in [0.4, 0.5) is 17.6 Å². The van der Waals surface area contributed by atoms with Crippen molar-refractivity contribution in [3.8, 4) is 11.4 Å². The summed E-state index contributed by atoms with van der Waals surface area (Å²) in [5.74, 6) is -3.90. The van der Waals surface area contributed by atoms with Gasteiger partial charge in [0, 0.05) is 22.6 Å². The van der Waals surface area contributed by atoms with Crippen LogP contribution in [-0.2, 0) is 28.9 Å². The number of rotatable bonds is 9. The van der Waals surface area contributed by atoms with Gasteiger partial charge in [-0.2, -0.15) is 13.2 Å². The summed E-state index contributed by atoms with van der Waals surface area (Å²) in [4.78, 5) is 38.3. The molecule has 2 N–H and O–H groups in total. The Balaban J connectivity index is 1.68. The smallest absolute Gasteiger partial charge is 0.369 e. The molecule has 4 aromatic rings. The summed E-state index contributed by atoms with van der Waals surface area (Å²) in [5.41, 5.74) is 3.73. The number of hydrogen-bond acceptors (Lipinski definition) is 4. The van der Waals surface area contributed by atoms with Crippen LogP contribution in [0.1, 0.15) is 29.0 Å². The Morgan fingerprint density at radius 3 is 2.26 bits per heavy atom. The predicted octanol–water partition coefficient (Wildman–Crippen LogP) is 4.80. The van der Waals surface area contributed by atoms with Crippen molar-refractivity contribution in [1.29, 1.82) is 0 Å². The molecule has 0 fully saturated rings. The fraction of sp³-hybridized carbons (Fsp3) is 0.185. The van der Waals surface area contributed by atoms with Gasteiger partial charge in [-0.3, -0.25) is 14.2 Å². The number of benzene rings is 3. The van der Waals surface area contributed by atoms with Crippen LogP contribution in [0.5, 0.6) is 0 Å². The molecule has 202 valence electrons. The predicted molar refractivity (Wildman–Crippen MR) is 135 cm³/mol. The largest absolute Gasteiger partial charge is 0.416 e. The van der Waals surface area contributed by atoms with Crippen molar-refractivity contribution < 1.29 is 27.2 Å². The number of nitrogens with two attached hydrogens (primary N) is 1. The van der Waals surface area contributed by atoms with Gasteiger partial charge in [-0.25, -0.2) is 13.9 Å². The first-order chi connectivity index (χ1) is 18.5. The molecule has 7 nitrogen and oxygen atoms in total. The average Bonchev–Trinajstić information content (AvgIpc) is 3.18. The van der Waals surface area contributed by atoms with Crippen molar-refractivity contribution in [2.24, 2.45) is 5.73 Å². The van der Waals surface area contributed by atoms with Gasteiger partial charge in [-0.1, -0.05) is 48.0 Å². The zero-order valence-corrected chi connectivity index (χ0v) is 20.9. The summed E-state index contributed by atoms with van der Waals surface area (Å²) in [6.07, 6.45) is -5.46. The normalized spacial score (nSPS) is 12.3. The lowest BCUT2D eigenvalue weighted by Gasteiger charge is -2.18. The molecule has 0 spiro atoms. The monoisotopic (exact) mass is 560 g/mol. The van der Waals surface area contributed by atoms with Crippen LogP contribution < -0.4 is 11.4 Å². The highest BCUT2D eigenvalue weighted by atomic mass is 35.5. The molecular formula is C27H21ClF4N4O3. The van der Waals surface area contributed by atoms with E-state index >= 15 is 0 Å². The van der Waals surface area contributed by atoms with Crippen LogP contribution in [0, 0.1) is 5.82 Å². The molecule has 0 saturated heterocycles. The van der Waals surface area contributed by atoms with Crippen molar-refractivity contribution in [2.75, 3.05) is 0 Å². The lowest BCUT2D eigenvalue weighted by atomic mass is 9.89. The van der Waals surface area contributed by atoms with Gasteiger partial charge >= 0.3 is 11.9 Å². The van der Waals surface area contributed by atoms with E-state index in [1.54, 1.807) is 30.3 Å². The molecule has 0 aliphatic heterocycles. The maximum Gasteiger partial charge on any atom is 0.416 e. The lowest BCUT2D eigenvalue weighted by Crippen LogP contribution is -2.31. The van der Waals surface area contributed by atoms with E-state index in [0.717, 1.165) is 22.9 Å². The second-order valence-corrected chi connectivity index (χ2v) is 9.17. The highest BCUT2D eigenvalue weighted by molar-refractivity contribution is 6.30. The molecule has 39 heavy (non-hydrogen) atoms. The zero-order chi connectivity index (χ0) is 28.3. The van der Waals surface area contributed by atoms with E-state index in [0.29, 0.717) is 10.6 Å². The third kappa shape index (κ3) is 6.26. The van der Waals surface area contributed by atoms with Crippen LogP contribution >= 0.6 is 11.6 Å². The minimum absolute atomic E-state index is 0.113. The minimum Gasteiger partial charge on any atom is -0.369 e. The number of amides is 1. The molecule has 1 heterocycles. The Morgan fingerprint density at radius 2 is 1.62 bits per heavy atom. The van der Waals surface area contributed by atoms with Crippen molar-refractivity contribution in [3.05, 3.63) is 111 Å². The molecule has 0 aliphatic carbocycles. The van der Waals surface area contributed by atoms with E-state index in [4.69, 9.17) is 17.3 Å². The molecule has 12 heteroatoms. The highest BCUT2D eigenvalue weighted by Crippen LogP contribution is 2.36. The number of ketones is 1. The zero-order valence-electron chi connectivity index (χ0n) is 20.2. The number of aromatic nitrogens is 3. The first kappa shape index (κ1) is 27.8.